The van der Waals surface area contributed by atoms with E-state index in [2.05, 4.69) is 27.1 Å². The Bertz CT molecular complexity index is 295. The minimum Gasteiger partial charge on any atom is -0.315 e. The van der Waals surface area contributed by atoms with Crippen molar-refractivity contribution in [3.05, 3.63) is 24.3 Å². The molecule has 1 aliphatic heterocycles. The molecule has 1 unspecified atom stereocenters. The Morgan fingerprint density at radius 1 is 1.50 bits per heavy atom. The smallest absolute Gasteiger partial charge is 0.0726 e. The van der Waals surface area contributed by atoms with Gasteiger partial charge < -0.3 is 5.32 Å². The van der Waals surface area contributed by atoms with Crippen LogP contribution < -0.4 is 5.32 Å². The highest BCUT2D eigenvalue weighted by molar-refractivity contribution is 4.96. The first kappa shape index (κ1) is 11.5. The Labute approximate surface area is 97.1 Å². The predicted molar refractivity (Wildman–Crippen MR) is 64.0 cm³/mol. The fourth-order valence-corrected chi connectivity index (χ4v) is 2.25. The molecule has 2 rings (SSSR count). The Morgan fingerprint density at radius 3 is 3.06 bits per heavy atom. The van der Waals surface area contributed by atoms with Crippen molar-refractivity contribution in [2.45, 2.75) is 32.4 Å². The third-order valence-electron chi connectivity index (χ3n) is 3.04. The molecule has 2 heterocycles. The standard InChI is InChI=1S/C12H20N4/c1-2-7-16(12-3-4-13-9-12)10-11-8-14-5-6-15-11/h5-6,8,12-13H,2-4,7,9-10H2,1H3. The van der Waals surface area contributed by atoms with Crippen LogP contribution >= 0.6 is 0 Å². The summed E-state index contributed by atoms with van der Waals surface area (Å²) in [6.45, 7) is 6.55. The molecule has 4 heteroatoms. The van der Waals surface area contributed by atoms with Gasteiger partial charge in [0.05, 0.1) is 5.69 Å². The lowest BCUT2D eigenvalue weighted by atomic mass is 10.2. The fraction of sp³-hybridized carbons (Fsp3) is 0.667. The van der Waals surface area contributed by atoms with Crippen LogP contribution in [0.2, 0.25) is 0 Å². The molecule has 0 saturated carbocycles. The van der Waals surface area contributed by atoms with E-state index in [0.29, 0.717) is 6.04 Å². The molecule has 1 fully saturated rings. The highest BCUT2D eigenvalue weighted by atomic mass is 15.2. The molecule has 88 valence electrons. The zero-order valence-corrected chi connectivity index (χ0v) is 9.89. The maximum atomic E-state index is 4.35. The summed E-state index contributed by atoms with van der Waals surface area (Å²) in [7, 11) is 0. The third-order valence-corrected chi connectivity index (χ3v) is 3.04. The summed E-state index contributed by atoms with van der Waals surface area (Å²) in [5.41, 5.74) is 1.07. The van der Waals surface area contributed by atoms with Crippen molar-refractivity contribution < 1.29 is 0 Å². The monoisotopic (exact) mass is 220 g/mol. The van der Waals surface area contributed by atoms with E-state index >= 15 is 0 Å². The van der Waals surface area contributed by atoms with E-state index in [1.807, 2.05) is 6.20 Å². The Morgan fingerprint density at radius 2 is 2.44 bits per heavy atom. The van der Waals surface area contributed by atoms with Gasteiger partial charge in [-0.3, -0.25) is 14.9 Å². The van der Waals surface area contributed by atoms with E-state index in [4.69, 9.17) is 0 Å². The summed E-state index contributed by atoms with van der Waals surface area (Å²) in [5, 5.41) is 3.42. The van der Waals surface area contributed by atoms with E-state index in [1.165, 1.54) is 12.8 Å². The summed E-state index contributed by atoms with van der Waals surface area (Å²) >= 11 is 0. The van der Waals surface area contributed by atoms with Crippen molar-refractivity contribution in [1.29, 1.82) is 0 Å². The van der Waals surface area contributed by atoms with Gasteiger partial charge in [-0.1, -0.05) is 6.92 Å². The van der Waals surface area contributed by atoms with E-state index in [0.717, 1.165) is 31.9 Å². The molecule has 16 heavy (non-hydrogen) atoms. The van der Waals surface area contributed by atoms with Crippen molar-refractivity contribution in [1.82, 2.24) is 20.2 Å². The predicted octanol–water partition coefficient (Wildman–Crippen LogP) is 1.05. The van der Waals surface area contributed by atoms with Crippen molar-refractivity contribution in [2.75, 3.05) is 19.6 Å². The van der Waals surface area contributed by atoms with Crippen molar-refractivity contribution in [3.8, 4) is 0 Å². The molecule has 1 N–H and O–H groups in total. The van der Waals surface area contributed by atoms with Crippen LogP contribution in [0.5, 0.6) is 0 Å². The average molecular weight is 220 g/mol. The van der Waals surface area contributed by atoms with Gasteiger partial charge in [-0.25, -0.2) is 0 Å². The fourth-order valence-electron chi connectivity index (χ4n) is 2.25. The van der Waals surface area contributed by atoms with Gasteiger partial charge in [0.25, 0.3) is 0 Å². The number of hydrogen-bond acceptors (Lipinski definition) is 4. The van der Waals surface area contributed by atoms with Gasteiger partial charge in [0.1, 0.15) is 0 Å². The molecule has 1 aromatic heterocycles. The van der Waals surface area contributed by atoms with Crippen LogP contribution in [0.1, 0.15) is 25.5 Å². The molecule has 4 nitrogen and oxygen atoms in total. The third kappa shape index (κ3) is 3.00. The first-order valence-corrected chi connectivity index (χ1v) is 6.10. The van der Waals surface area contributed by atoms with Gasteiger partial charge in [0, 0.05) is 37.7 Å². The molecule has 0 bridgehead atoms. The van der Waals surface area contributed by atoms with E-state index in [1.54, 1.807) is 12.4 Å². The minimum absolute atomic E-state index is 0.668. The van der Waals surface area contributed by atoms with Crippen LogP contribution in [0.4, 0.5) is 0 Å². The zero-order chi connectivity index (χ0) is 11.2. The summed E-state index contributed by atoms with van der Waals surface area (Å²) in [6.07, 6.45) is 7.80. The van der Waals surface area contributed by atoms with Gasteiger partial charge in [-0.15, -0.1) is 0 Å². The highest BCUT2D eigenvalue weighted by Gasteiger charge is 2.21. The van der Waals surface area contributed by atoms with Gasteiger partial charge in [-0.05, 0) is 25.9 Å². The molecule has 1 aliphatic rings. The lowest BCUT2D eigenvalue weighted by Crippen LogP contribution is -2.37. The quantitative estimate of drug-likeness (QED) is 0.805. The molecule has 0 aromatic carbocycles. The van der Waals surface area contributed by atoms with Crippen molar-refractivity contribution >= 4 is 0 Å². The largest absolute Gasteiger partial charge is 0.315 e. The molecule has 0 aliphatic carbocycles. The molecule has 1 saturated heterocycles. The van der Waals surface area contributed by atoms with Gasteiger partial charge in [0.2, 0.25) is 0 Å². The zero-order valence-electron chi connectivity index (χ0n) is 9.89. The molecule has 0 amide bonds. The second-order valence-corrected chi connectivity index (χ2v) is 4.31. The normalized spacial score (nSPS) is 20.5. The number of nitrogens with zero attached hydrogens (tertiary/aromatic N) is 3. The Kier molecular flexibility index (Phi) is 4.25. The summed E-state index contributed by atoms with van der Waals surface area (Å²) in [6, 6.07) is 0.668. The SMILES string of the molecule is CCCN(Cc1cnccn1)C1CCNC1. The molecule has 0 radical (unpaired) electrons. The van der Waals surface area contributed by atoms with Crippen LogP contribution in [0, 0.1) is 0 Å². The maximum absolute atomic E-state index is 4.35. The van der Waals surface area contributed by atoms with E-state index < -0.39 is 0 Å². The Balaban J connectivity index is 1.96. The van der Waals surface area contributed by atoms with Gasteiger partial charge in [-0.2, -0.15) is 0 Å². The molecule has 1 aromatic rings. The lowest BCUT2D eigenvalue weighted by molar-refractivity contribution is 0.197. The molecular formula is C12H20N4. The molecule has 1 atom stereocenters. The Hall–Kier alpha value is -1.00. The van der Waals surface area contributed by atoms with E-state index in [9.17, 15) is 0 Å². The maximum Gasteiger partial charge on any atom is 0.0726 e. The minimum atomic E-state index is 0.668. The first-order valence-electron chi connectivity index (χ1n) is 6.10. The topological polar surface area (TPSA) is 41.1 Å². The van der Waals surface area contributed by atoms with Crippen LogP contribution in [0.25, 0.3) is 0 Å². The second-order valence-electron chi connectivity index (χ2n) is 4.31. The van der Waals surface area contributed by atoms with Gasteiger partial charge >= 0.3 is 0 Å². The second kappa shape index (κ2) is 5.92. The van der Waals surface area contributed by atoms with Crippen LogP contribution in [0.3, 0.4) is 0 Å². The van der Waals surface area contributed by atoms with Crippen molar-refractivity contribution in [2.24, 2.45) is 0 Å². The highest BCUT2D eigenvalue weighted by Crippen LogP contribution is 2.12. The lowest BCUT2D eigenvalue weighted by Gasteiger charge is -2.27. The van der Waals surface area contributed by atoms with Crippen molar-refractivity contribution in [3.63, 3.8) is 0 Å². The molecule has 0 spiro atoms. The first-order chi connectivity index (χ1) is 7.90. The van der Waals surface area contributed by atoms with Crippen LogP contribution in [-0.2, 0) is 6.54 Å². The number of aromatic nitrogens is 2. The number of nitrogens with one attached hydrogen (secondary N) is 1. The molecular weight excluding hydrogens is 200 g/mol. The average Bonchev–Trinajstić information content (AvgIpc) is 2.83. The summed E-state index contributed by atoms with van der Waals surface area (Å²) in [5.74, 6) is 0. The van der Waals surface area contributed by atoms with E-state index in [-0.39, 0.29) is 0 Å². The number of hydrogen-bond donors (Lipinski definition) is 1. The van der Waals surface area contributed by atoms with Crippen LogP contribution in [-0.4, -0.2) is 40.5 Å². The van der Waals surface area contributed by atoms with Gasteiger partial charge in [0.15, 0.2) is 0 Å². The van der Waals surface area contributed by atoms with Crippen LogP contribution in [0.15, 0.2) is 18.6 Å². The number of rotatable bonds is 5. The summed E-state index contributed by atoms with van der Waals surface area (Å²) in [4.78, 5) is 11.0. The summed E-state index contributed by atoms with van der Waals surface area (Å²) < 4.78 is 0.